The lowest BCUT2D eigenvalue weighted by Crippen LogP contribution is -2.52. The highest BCUT2D eigenvalue weighted by Crippen LogP contribution is 2.23. The highest BCUT2D eigenvalue weighted by atomic mass is 16.5. The minimum absolute atomic E-state index is 0.0737. The minimum atomic E-state index is -1.19. The van der Waals surface area contributed by atoms with Gasteiger partial charge in [0, 0.05) is 83.5 Å². The van der Waals surface area contributed by atoms with Gasteiger partial charge in [0.05, 0.1) is 49.9 Å². The number of carboxylic acids is 4. The smallest absolute Gasteiger partial charge is 0.320 e. The van der Waals surface area contributed by atoms with Gasteiger partial charge in [0.2, 0.25) is 11.8 Å². The van der Waals surface area contributed by atoms with E-state index in [1.807, 2.05) is 0 Å². The van der Waals surface area contributed by atoms with Crippen LogP contribution in [0.15, 0.2) is 30.5 Å². The van der Waals surface area contributed by atoms with Crippen LogP contribution in [-0.4, -0.2) is 202 Å². The summed E-state index contributed by atoms with van der Waals surface area (Å²) in [5.41, 5.74) is 0.820. The Morgan fingerprint density at radius 1 is 0.817 bits per heavy atom. The number of hydrogen-bond donors (Lipinski definition) is 6. The Labute approximate surface area is 346 Å². The van der Waals surface area contributed by atoms with E-state index in [9.17, 15) is 59.2 Å². The van der Waals surface area contributed by atoms with Crippen molar-refractivity contribution in [1.82, 2.24) is 40.1 Å². The molecule has 326 valence electrons. The Bertz CT molecular complexity index is 1860. The van der Waals surface area contributed by atoms with Crippen LogP contribution >= 0.6 is 0 Å². The molecule has 4 rings (SSSR count). The van der Waals surface area contributed by atoms with Gasteiger partial charge in [-0.3, -0.25) is 58.1 Å². The molecule has 1 aromatic heterocycles. The molecule has 2 saturated heterocycles. The standard InChI is InChI=1S/C39H53N9O12/c40-22-27-3-1-11-48(27)34(50)23-43-38(57)29-8-10-41-31-5-4-28(21-30(29)31)60-20-2-9-42-33(49)7-6-32(39(58)59)47-18-16-45(25-36(53)54)14-12-44(24-35(51)52)13-15-46(17-19-47)26-37(55)56/h4-5,8,10,21,27,32H,1-3,6-7,9,11-20,23-26H2,(H,42,49)(H,43,57)(H,51,52)(H,53,54)(H,55,56)(H,58,59)/t27-,32?/m0/s1. The number of nitrogens with zero attached hydrogens (tertiary/aromatic N) is 7. The van der Waals surface area contributed by atoms with E-state index in [-0.39, 0.29) is 116 Å². The molecule has 2 aliphatic rings. The first-order valence-corrected chi connectivity index (χ1v) is 19.8. The molecule has 21 nitrogen and oxygen atoms in total. The molecule has 6 N–H and O–H groups in total. The topological polar surface area (TPSA) is 287 Å². The maximum Gasteiger partial charge on any atom is 0.320 e. The number of carbonyl (C=O) groups is 7. The molecule has 2 fully saturated rings. The monoisotopic (exact) mass is 839 g/mol. The lowest BCUT2D eigenvalue weighted by molar-refractivity contribution is -0.145. The summed E-state index contributed by atoms with van der Waals surface area (Å²) in [6.07, 6.45) is 3.00. The van der Waals surface area contributed by atoms with Crippen molar-refractivity contribution in [3.63, 3.8) is 0 Å². The first-order valence-electron chi connectivity index (χ1n) is 19.8. The number of benzene rings is 1. The van der Waals surface area contributed by atoms with Crippen molar-refractivity contribution in [3.05, 3.63) is 36.0 Å². The van der Waals surface area contributed by atoms with Gasteiger partial charge in [0.25, 0.3) is 5.91 Å². The van der Waals surface area contributed by atoms with Crippen LogP contribution in [0.4, 0.5) is 0 Å². The van der Waals surface area contributed by atoms with E-state index in [4.69, 9.17) is 4.74 Å². The summed E-state index contributed by atoms with van der Waals surface area (Å²) < 4.78 is 5.88. The predicted octanol–water partition coefficient (Wildman–Crippen LogP) is -0.927. The van der Waals surface area contributed by atoms with E-state index in [1.165, 1.54) is 17.2 Å². The van der Waals surface area contributed by atoms with Gasteiger partial charge in [-0.15, -0.1) is 0 Å². The molecule has 1 aromatic carbocycles. The number of rotatable bonds is 19. The Kier molecular flexibility index (Phi) is 18.4. The molecule has 3 amide bonds. The zero-order valence-electron chi connectivity index (χ0n) is 33.4. The van der Waals surface area contributed by atoms with Crippen LogP contribution in [0.1, 0.15) is 42.5 Å². The summed E-state index contributed by atoms with van der Waals surface area (Å²) in [6.45, 7) is 0.828. The molecule has 21 heteroatoms. The summed E-state index contributed by atoms with van der Waals surface area (Å²) in [6, 6.07) is 7.05. The Morgan fingerprint density at radius 3 is 1.98 bits per heavy atom. The Hall–Kier alpha value is -5.95. The summed E-state index contributed by atoms with van der Waals surface area (Å²) in [5.74, 6) is -5.25. The average Bonchev–Trinajstić information content (AvgIpc) is 3.69. The summed E-state index contributed by atoms with van der Waals surface area (Å²) in [7, 11) is 0. The first kappa shape index (κ1) is 46.7. The lowest BCUT2D eigenvalue weighted by Gasteiger charge is -2.35. The van der Waals surface area contributed by atoms with Gasteiger partial charge in [-0.25, -0.2) is 0 Å². The number of hydrogen-bond acceptors (Lipinski definition) is 14. The highest BCUT2D eigenvalue weighted by molar-refractivity contribution is 6.07. The number of amides is 3. The van der Waals surface area contributed by atoms with Crippen LogP contribution in [-0.2, 0) is 28.8 Å². The molecule has 1 unspecified atom stereocenters. The second kappa shape index (κ2) is 23.6. The third-order valence-corrected chi connectivity index (χ3v) is 10.3. The zero-order valence-corrected chi connectivity index (χ0v) is 33.4. The summed E-state index contributed by atoms with van der Waals surface area (Å²) in [5, 5.41) is 53.7. The average molecular weight is 840 g/mol. The number of fused-ring (bicyclic) bond motifs is 1. The molecule has 0 spiro atoms. The van der Waals surface area contributed by atoms with Crippen molar-refractivity contribution < 1.29 is 58.7 Å². The van der Waals surface area contributed by atoms with Crippen LogP contribution in [0, 0.1) is 11.3 Å². The third kappa shape index (κ3) is 15.0. The first-order chi connectivity index (χ1) is 28.7. The van der Waals surface area contributed by atoms with E-state index >= 15 is 0 Å². The van der Waals surface area contributed by atoms with Crippen molar-refractivity contribution >= 4 is 52.5 Å². The quantitative estimate of drug-likeness (QED) is 0.0932. The highest BCUT2D eigenvalue weighted by Gasteiger charge is 2.30. The fraction of sp³-hybridized carbons (Fsp3) is 0.564. The fourth-order valence-corrected chi connectivity index (χ4v) is 7.19. The number of aliphatic carboxylic acids is 4. The second-order valence-electron chi connectivity index (χ2n) is 14.6. The van der Waals surface area contributed by atoms with Gasteiger partial charge < -0.3 is 40.7 Å². The summed E-state index contributed by atoms with van der Waals surface area (Å²) in [4.78, 5) is 97.9. The molecule has 0 saturated carbocycles. The lowest BCUT2D eigenvalue weighted by atomic mass is 10.1. The predicted molar refractivity (Wildman–Crippen MR) is 212 cm³/mol. The number of ether oxygens (including phenoxy) is 1. The van der Waals surface area contributed by atoms with Gasteiger partial charge in [-0.1, -0.05) is 0 Å². The van der Waals surface area contributed by atoms with Gasteiger partial charge in [-0.2, -0.15) is 5.26 Å². The minimum Gasteiger partial charge on any atom is -0.494 e. The molecule has 0 aliphatic carbocycles. The number of likely N-dealkylation sites (tertiary alicyclic amines) is 1. The number of pyridine rings is 1. The van der Waals surface area contributed by atoms with Crippen molar-refractivity contribution in [1.29, 1.82) is 5.26 Å². The van der Waals surface area contributed by atoms with Crippen LogP contribution in [0.2, 0.25) is 0 Å². The fourth-order valence-electron chi connectivity index (χ4n) is 7.19. The summed E-state index contributed by atoms with van der Waals surface area (Å²) >= 11 is 0. The van der Waals surface area contributed by atoms with Crippen LogP contribution in [0.5, 0.6) is 5.75 Å². The van der Waals surface area contributed by atoms with E-state index in [0.29, 0.717) is 36.0 Å². The zero-order chi connectivity index (χ0) is 43.6. The molecule has 60 heavy (non-hydrogen) atoms. The van der Waals surface area contributed by atoms with Crippen LogP contribution in [0.3, 0.4) is 0 Å². The molecular weight excluding hydrogens is 786 g/mol. The number of carbonyl (C=O) groups excluding carboxylic acids is 3. The van der Waals surface area contributed by atoms with E-state index in [1.54, 1.807) is 37.8 Å². The van der Waals surface area contributed by atoms with Gasteiger partial charge in [0.1, 0.15) is 17.8 Å². The van der Waals surface area contributed by atoms with Crippen molar-refractivity contribution in [2.75, 3.05) is 98.2 Å². The van der Waals surface area contributed by atoms with E-state index < -0.39 is 47.8 Å². The maximum absolute atomic E-state index is 13.1. The molecule has 2 aliphatic heterocycles. The van der Waals surface area contributed by atoms with E-state index in [0.717, 1.165) is 6.42 Å². The molecule has 0 bridgehead atoms. The number of aromatic nitrogens is 1. The van der Waals surface area contributed by atoms with Crippen LogP contribution < -0.4 is 15.4 Å². The Balaban J connectivity index is 1.29. The number of nitriles is 1. The Morgan fingerprint density at radius 2 is 1.42 bits per heavy atom. The molecule has 2 atom stereocenters. The molecule has 2 aromatic rings. The SMILES string of the molecule is N#C[C@@H]1CCCN1C(=O)CNC(=O)c1ccnc2ccc(OCCCNC(=O)CCC(C(=O)O)N3CCN(CC(=O)O)CCN(CC(=O)O)CCN(CC(=O)O)CC3)cc12. The number of carboxylic acid groups (broad SMARTS) is 4. The van der Waals surface area contributed by atoms with Crippen molar-refractivity contribution in [2.24, 2.45) is 0 Å². The molecule has 0 radical (unpaired) electrons. The maximum atomic E-state index is 13.1. The molecular formula is C39H53N9O12. The van der Waals surface area contributed by atoms with E-state index in [2.05, 4.69) is 21.7 Å². The van der Waals surface area contributed by atoms with Gasteiger partial charge in [0.15, 0.2) is 0 Å². The number of nitrogens with one attached hydrogen (secondary N) is 2. The van der Waals surface area contributed by atoms with Crippen molar-refractivity contribution in [2.45, 2.75) is 44.2 Å². The second-order valence-corrected chi connectivity index (χ2v) is 14.6. The molecule has 3 heterocycles. The van der Waals surface area contributed by atoms with Crippen LogP contribution in [0.25, 0.3) is 10.9 Å². The van der Waals surface area contributed by atoms with Gasteiger partial charge >= 0.3 is 23.9 Å². The third-order valence-electron chi connectivity index (χ3n) is 10.3. The van der Waals surface area contributed by atoms with Crippen molar-refractivity contribution in [3.8, 4) is 11.8 Å². The van der Waals surface area contributed by atoms with Gasteiger partial charge in [-0.05, 0) is 49.9 Å². The normalized spacial score (nSPS) is 18.1. The largest absolute Gasteiger partial charge is 0.494 e.